The van der Waals surface area contributed by atoms with Crippen molar-refractivity contribution in [1.82, 2.24) is 9.78 Å². The molecule has 8 heteroatoms. The number of rotatable bonds is 3. The average Bonchev–Trinajstić information content (AvgIpc) is 2.86. The predicted octanol–water partition coefficient (Wildman–Crippen LogP) is 2.61. The van der Waals surface area contributed by atoms with Crippen molar-refractivity contribution in [3.63, 3.8) is 0 Å². The Morgan fingerprint density at radius 3 is 2.71 bits per heavy atom. The average molecular weight is 297 g/mol. The van der Waals surface area contributed by atoms with E-state index < -0.39 is 17.5 Å². The van der Waals surface area contributed by atoms with Gasteiger partial charge in [-0.15, -0.1) is 0 Å². The number of phenolic OH excluding ortho intramolecular Hbond substituents is 1. The van der Waals surface area contributed by atoms with Crippen LogP contribution in [0.25, 0.3) is 5.69 Å². The molecular weight excluding hydrogens is 287 g/mol. The third kappa shape index (κ3) is 2.98. The number of benzene rings is 1. The molecule has 1 heterocycles. The lowest BCUT2D eigenvalue weighted by Crippen LogP contribution is -2.08. The highest BCUT2D eigenvalue weighted by atomic mass is 19.4. The van der Waals surface area contributed by atoms with Crippen molar-refractivity contribution in [2.45, 2.75) is 12.8 Å². The van der Waals surface area contributed by atoms with E-state index in [0.717, 1.165) is 10.7 Å². The van der Waals surface area contributed by atoms with Crippen LogP contribution >= 0.6 is 0 Å². The number of nitriles is 1. The predicted molar refractivity (Wildman–Crippen MR) is 65.7 cm³/mol. The van der Waals surface area contributed by atoms with Gasteiger partial charge in [0, 0.05) is 13.3 Å². The standard InChI is InChI=1S/C13H10F3N3O2/c1-21-7-9-2-3-19(18-9)11-5-8(6-17)4-10(12(11)20)13(14,15)16/h2-5,20H,7H2,1H3. The van der Waals surface area contributed by atoms with Crippen LogP contribution in [-0.4, -0.2) is 22.0 Å². The lowest BCUT2D eigenvalue weighted by atomic mass is 10.1. The van der Waals surface area contributed by atoms with E-state index in [2.05, 4.69) is 5.10 Å². The van der Waals surface area contributed by atoms with Gasteiger partial charge in [0.05, 0.1) is 23.9 Å². The van der Waals surface area contributed by atoms with Gasteiger partial charge in [0.15, 0.2) is 5.75 Å². The number of methoxy groups -OCH3 is 1. The zero-order valence-electron chi connectivity index (χ0n) is 10.8. The molecule has 1 aromatic heterocycles. The van der Waals surface area contributed by atoms with Gasteiger partial charge in [-0.25, -0.2) is 4.68 Å². The van der Waals surface area contributed by atoms with Crippen LogP contribution in [0.4, 0.5) is 13.2 Å². The molecule has 1 N–H and O–H groups in total. The highest BCUT2D eigenvalue weighted by Crippen LogP contribution is 2.39. The molecule has 2 rings (SSSR count). The summed E-state index contributed by atoms with van der Waals surface area (Å²) in [5, 5.41) is 22.6. The number of hydrogen-bond donors (Lipinski definition) is 1. The zero-order valence-corrected chi connectivity index (χ0v) is 10.8. The van der Waals surface area contributed by atoms with E-state index >= 15 is 0 Å². The van der Waals surface area contributed by atoms with Gasteiger partial charge < -0.3 is 9.84 Å². The normalized spacial score (nSPS) is 11.4. The minimum absolute atomic E-state index is 0.178. The molecule has 1 aromatic carbocycles. The first-order valence-electron chi connectivity index (χ1n) is 5.75. The topological polar surface area (TPSA) is 71.1 Å². The fourth-order valence-corrected chi connectivity index (χ4v) is 1.80. The number of aromatic hydroxyl groups is 1. The van der Waals surface area contributed by atoms with E-state index in [0.29, 0.717) is 11.8 Å². The van der Waals surface area contributed by atoms with Crippen molar-refractivity contribution < 1.29 is 23.0 Å². The second-order valence-corrected chi connectivity index (χ2v) is 4.19. The van der Waals surface area contributed by atoms with Gasteiger partial charge in [-0.2, -0.15) is 23.5 Å². The lowest BCUT2D eigenvalue weighted by Gasteiger charge is -2.13. The molecule has 21 heavy (non-hydrogen) atoms. The summed E-state index contributed by atoms with van der Waals surface area (Å²) in [5.74, 6) is -0.978. The van der Waals surface area contributed by atoms with Crippen LogP contribution < -0.4 is 0 Å². The van der Waals surface area contributed by atoms with Gasteiger partial charge in [0.2, 0.25) is 0 Å². The van der Waals surface area contributed by atoms with Gasteiger partial charge in [0.25, 0.3) is 0 Å². The van der Waals surface area contributed by atoms with Gasteiger partial charge in [-0.3, -0.25) is 0 Å². The molecule has 0 spiro atoms. The van der Waals surface area contributed by atoms with Crippen LogP contribution in [0.3, 0.4) is 0 Å². The number of ether oxygens (including phenoxy) is 1. The Labute approximate surface area is 117 Å². The molecule has 2 aromatic rings. The first kappa shape index (κ1) is 14.9. The number of nitrogens with zero attached hydrogens (tertiary/aromatic N) is 3. The Kier molecular flexibility index (Phi) is 3.86. The van der Waals surface area contributed by atoms with Gasteiger partial charge >= 0.3 is 6.18 Å². The van der Waals surface area contributed by atoms with Crippen molar-refractivity contribution in [3.8, 4) is 17.5 Å². The molecule has 0 fully saturated rings. The molecule has 110 valence electrons. The summed E-state index contributed by atoms with van der Waals surface area (Å²) >= 11 is 0. The van der Waals surface area contributed by atoms with Crippen molar-refractivity contribution in [3.05, 3.63) is 41.2 Å². The van der Waals surface area contributed by atoms with Crippen LogP contribution in [0.5, 0.6) is 5.75 Å². The Morgan fingerprint density at radius 2 is 2.14 bits per heavy atom. The maximum absolute atomic E-state index is 12.9. The largest absolute Gasteiger partial charge is 0.505 e. The number of hydrogen-bond acceptors (Lipinski definition) is 4. The third-order valence-electron chi connectivity index (χ3n) is 2.71. The first-order chi connectivity index (χ1) is 9.86. The van der Waals surface area contributed by atoms with Crippen LogP contribution in [0, 0.1) is 11.3 Å². The second-order valence-electron chi connectivity index (χ2n) is 4.19. The van der Waals surface area contributed by atoms with Crippen molar-refractivity contribution >= 4 is 0 Å². The molecular formula is C13H10F3N3O2. The van der Waals surface area contributed by atoms with Crippen LogP contribution in [0.1, 0.15) is 16.8 Å². The summed E-state index contributed by atoms with van der Waals surface area (Å²) in [6.45, 7) is 0.178. The Bertz CT molecular complexity index is 702. The summed E-state index contributed by atoms with van der Waals surface area (Å²) in [5.41, 5.74) is -1.24. The molecule has 0 atom stereocenters. The molecule has 5 nitrogen and oxygen atoms in total. The van der Waals surface area contributed by atoms with E-state index in [1.807, 2.05) is 0 Å². The van der Waals surface area contributed by atoms with Crippen LogP contribution in [-0.2, 0) is 17.5 Å². The summed E-state index contributed by atoms with van der Waals surface area (Å²) in [6.07, 6.45) is -3.39. The Morgan fingerprint density at radius 1 is 1.43 bits per heavy atom. The molecule has 0 aliphatic heterocycles. The monoisotopic (exact) mass is 297 g/mol. The maximum Gasteiger partial charge on any atom is 0.420 e. The third-order valence-corrected chi connectivity index (χ3v) is 2.71. The highest BCUT2D eigenvalue weighted by Gasteiger charge is 2.36. The fourth-order valence-electron chi connectivity index (χ4n) is 1.80. The lowest BCUT2D eigenvalue weighted by molar-refractivity contribution is -0.138. The van der Waals surface area contributed by atoms with E-state index in [1.54, 1.807) is 6.07 Å². The summed E-state index contributed by atoms with van der Waals surface area (Å²) in [6, 6.07) is 4.90. The maximum atomic E-state index is 12.9. The fraction of sp³-hybridized carbons (Fsp3) is 0.231. The molecule has 0 bridgehead atoms. The Hall–Kier alpha value is -2.53. The molecule has 0 saturated carbocycles. The molecule has 0 unspecified atom stereocenters. The van der Waals surface area contributed by atoms with Crippen LogP contribution in [0.15, 0.2) is 24.4 Å². The second kappa shape index (κ2) is 5.46. The highest BCUT2D eigenvalue weighted by molar-refractivity contribution is 5.56. The number of phenols is 1. The minimum atomic E-state index is -4.77. The van der Waals surface area contributed by atoms with E-state index in [1.165, 1.54) is 19.4 Å². The molecule has 0 saturated heterocycles. The summed E-state index contributed by atoms with van der Waals surface area (Å²) < 4.78 is 44.5. The molecule has 0 radical (unpaired) electrons. The van der Waals surface area contributed by atoms with Gasteiger partial charge in [-0.05, 0) is 18.2 Å². The first-order valence-corrected chi connectivity index (χ1v) is 5.75. The number of alkyl halides is 3. The smallest absolute Gasteiger partial charge is 0.420 e. The van der Waals surface area contributed by atoms with E-state index in [-0.39, 0.29) is 17.9 Å². The molecule has 0 amide bonds. The molecule has 0 aliphatic carbocycles. The van der Waals surface area contributed by atoms with Crippen molar-refractivity contribution in [1.29, 1.82) is 5.26 Å². The number of aromatic nitrogens is 2. The molecule has 0 aliphatic rings. The minimum Gasteiger partial charge on any atom is -0.505 e. The van der Waals surface area contributed by atoms with Crippen LogP contribution in [0.2, 0.25) is 0 Å². The SMILES string of the molecule is COCc1ccn(-c2cc(C#N)cc(C(F)(F)F)c2O)n1. The Balaban J connectivity index is 2.59. The summed E-state index contributed by atoms with van der Waals surface area (Å²) in [7, 11) is 1.45. The summed E-state index contributed by atoms with van der Waals surface area (Å²) in [4.78, 5) is 0. The quantitative estimate of drug-likeness (QED) is 0.945. The zero-order chi connectivity index (χ0) is 15.6. The van der Waals surface area contributed by atoms with E-state index in [4.69, 9.17) is 10.00 Å². The van der Waals surface area contributed by atoms with Crippen molar-refractivity contribution in [2.24, 2.45) is 0 Å². The van der Waals surface area contributed by atoms with Crippen molar-refractivity contribution in [2.75, 3.05) is 7.11 Å². The van der Waals surface area contributed by atoms with Gasteiger partial charge in [-0.1, -0.05) is 0 Å². The van der Waals surface area contributed by atoms with E-state index in [9.17, 15) is 18.3 Å². The van der Waals surface area contributed by atoms with Gasteiger partial charge in [0.1, 0.15) is 11.3 Å². The number of halogens is 3.